The second-order valence-electron chi connectivity index (χ2n) is 5.04. The number of benzene rings is 1. The lowest BCUT2D eigenvalue weighted by Gasteiger charge is -2.28. The molecule has 1 aliphatic rings. The van der Waals surface area contributed by atoms with E-state index >= 15 is 0 Å². The van der Waals surface area contributed by atoms with Crippen LogP contribution in [0.2, 0.25) is 0 Å². The number of aliphatic carboxylic acids is 1. The number of carbonyl (C=O) groups is 1. The van der Waals surface area contributed by atoms with Crippen LogP contribution in [0.3, 0.4) is 0 Å². The Labute approximate surface area is 113 Å². The van der Waals surface area contributed by atoms with E-state index in [0.29, 0.717) is 6.04 Å². The molecule has 0 bridgehead atoms. The fourth-order valence-corrected chi connectivity index (χ4v) is 2.48. The Morgan fingerprint density at radius 1 is 1.21 bits per heavy atom. The van der Waals surface area contributed by atoms with Crippen molar-refractivity contribution in [1.29, 1.82) is 0 Å². The molecule has 1 aromatic rings. The second-order valence-corrected chi connectivity index (χ2v) is 5.04. The molecule has 4 heteroatoms. The van der Waals surface area contributed by atoms with Crippen LogP contribution < -0.4 is 5.32 Å². The van der Waals surface area contributed by atoms with Gasteiger partial charge in [-0.15, -0.1) is 0 Å². The quantitative estimate of drug-likeness (QED) is 0.826. The summed E-state index contributed by atoms with van der Waals surface area (Å²) in [5, 5.41) is 12.1. The standard InChI is InChI=1S/C15H21NO3/c17-15(18)11-19-14-8-6-13(7-9-14)16-10-12-4-2-1-3-5-12/h1-5,13-14,16H,6-11H2,(H,17,18). The normalized spacial score (nSPS) is 23.2. The Morgan fingerprint density at radius 3 is 2.53 bits per heavy atom. The van der Waals surface area contributed by atoms with Gasteiger partial charge in [0.15, 0.2) is 0 Å². The van der Waals surface area contributed by atoms with Crippen molar-refractivity contribution in [2.75, 3.05) is 6.61 Å². The van der Waals surface area contributed by atoms with Crippen LogP contribution in [-0.2, 0) is 16.1 Å². The zero-order valence-corrected chi connectivity index (χ0v) is 11.0. The van der Waals surface area contributed by atoms with E-state index in [1.165, 1.54) is 5.56 Å². The smallest absolute Gasteiger partial charge is 0.329 e. The number of ether oxygens (including phenoxy) is 1. The lowest BCUT2D eigenvalue weighted by molar-refractivity contribution is -0.145. The number of carboxylic acid groups (broad SMARTS) is 1. The lowest BCUT2D eigenvalue weighted by Crippen LogP contribution is -2.35. The Balaban J connectivity index is 1.65. The van der Waals surface area contributed by atoms with Crippen LogP contribution in [0, 0.1) is 0 Å². The summed E-state index contributed by atoms with van der Waals surface area (Å²) in [5.41, 5.74) is 1.30. The van der Waals surface area contributed by atoms with Gasteiger partial charge in [-0.2, -0.15) is 0 Å². The molecule has 0 spiro atoms. The highest BCUT2D eigenvalue weighted by molar-refractivity contribution is 5.68. The van der Waals surface area contributed by atoms with Gasteiger partial charge < -0.3 is 15.2 Å². The van der Waals surface area contributed by atoms with Gasteiger partial charge in [0, 0.05) is 12.6 Å². The maximum Gasteiger partial charge on any atom is 0.329 e. The molecule has 19 heavy (non-hydrogen) atoms. The Morgan fingerprint density at radius 2 is 1.89 bits per heavy atom. The van der Waals surface area contributed by atoms with E-state index in [9.17, 15) is 4.79 Å². The number of hydrogen-bond donors (Lipinski definition) is 2. The van der Waals surface area contributed by atoms with Crippen molar-refractivity contribution in [3.63, 3.8) is 0 Å². The van der Waals surface area contributed by atoms with Gasteiger partial charge in [-0.3, -0.25) is 0 Å². The van der Waals surface area contributed by atoms with Crippen molar-refractivity contribution in [3.05, 3.63) is 35.9 Å². The molecule has 0 aliphatic heterocycles. The van der Waals surface area contributed by atoms with Crippen LogP contribution in [-0.4, -0.2) is 29.8 Å². The third kappa shape index (κ3) is 5.01. The summed E-state index contributed by atoms with van der Waals surface area (Å²) in [4.78, 5) is 10.4. The molecule has 0 aromatic heterocycles. The molecule has 1 saturated carbocycles. The molecular formula is C15H21NO3. The number of hydrogen-bond acceptors (Lipinski definition) is 3. The minimum absolute atomic E-state index is 0.117. The first-order valence-corrected chi connectivity index (χ1v) is 6.85. The third-order valence-corrected chi connectivity index (χ3v) is 3.55. The van der Waals surface area contributed by atoms with Crippen molar-refractivity contribution >= 4 is 5.97 Å². The minimum Gasteiger partial charge on any atom is -0.480 e. The van der Waals surface area contributed by atoms with Crippen molar-refractivity contribution in [2.45, 2.75) is 44.4 Å². The summed E-state index contributed by atoms with van der Waals surface area (Å²) in [7, 11) is 0. The Hall–Kier alpha value is -1.39. The van der Waals surface area contributed by atoms with E-state index in [1.807, 2.05) is 18.2 Å². The van der Waals surface area contributed by atoms with Gasteiger partial charge >= 0.3 is 5.97 Å². The SMILES string of the molecule is O=C(O)COC1CCC(NCc2ccccc2)CC1. The molecular weight excluding hydrogens is 242 g/mol. The van der Waals surface area contributed by atoms with E-state index in [2.05, 4.69) is 17.4 Å². The average Bonchev–Trinajstić information content (AvgIpc) is 2.45. The average molecular weight is 263 g/mol. The molecule has 0 radical (unpaired) electrons. The van der Waals surface area contributed by atoms with Crippen LogP contribution in [0.25, 0.3) is 0 Å². The second kappa shape index (κ2) is 7.26. The molecule has 0 amide bonds. The first-order valence-electron chi connectivity index (χ1n) is 6.85. The molecule has 0 saturated heterocycles. The fraction of sp³-hybridized carbons (Fsp3) is 0.533. The summed E-state index contributed by atoms with van der Waals surface area (Å²) in [6.07, 6.45) is 4.11. The molecule has 0 atom stereocenters. The molecule has 0 heterocycles. The summed E-state index contributed by atoms with van der Waals surface area (Å²) in [5.74, 6) is -0.885. The van der Waals surface area contributed by atoms with E-state index < -0.39 is 5.97 Å². The first kappa shape index (κ1) is 14.0. The van der Waals surface area contributed by atoms with Crippen molar-refractivity contribution < 1.29 is 14.6 Å². The van der Waals surface area contributed by atoms with Crippen LogP contribution in [0.5, 0.6) is 0 Å². The van der Waals surface area contributed by atoms with Crippen LogP contribution in [0.4, 0.5) is 0 Å². The third-order valence-electron chi connectivity index (χ3n) is 3.55. The topological polar surface area (TPSA) is 58.6 Å². The Bertz CT molecular complexity index is 386. The molecule has 2 rings (SSSR count). The highest BCUT2D eigenvalue weighted by Crippen LogP contribution is 2.21. The van der Waals surface area contributed by atoms with Gasteiger partial charge in [0.05, 0.1) is 6.10 Å². The fourth-order valence-electron chi connectivity index (χ4n) is 2.48. The zero-order valence-electron chi connectivity index (χ0n) is 11.0. The summed E-state index contributed by atoms with van der Waals surface area (Å²) in [6.45, 7) is 0.721. The maximum atomic E-state index is 10.4. The van der Waals surface area contributed by atoms with E-state index in [4.69, 9.17) is 9.84 Å². The van der Waals surface area contributed by atoms with Crippen LogP contribution >= 0.6 is 0 Å². The number of nitrogens with one attached hydrogen (secondary N) is 1. The van der Waals surface area contributed by atoms with E-state index in [-0.39, 0.29) is 12.7 Å². The van der Waals surface area contributed by atoms with Gasteiger partial charge in [-0.05, 0) is 31.2 Å². The van der Waals surface area contributed by atoms with Crippen molar-refractivity contribution in [2.24, 2.45) is 0 Å². The van der Waals surface area contributed by atoms with Crippen molar-refractivity contribution in [3.8, 4) is 0 Å². The van der Waals surface area contributed by atoms with Gasteiger partial charge in [0.1, 0.15) is 6.61 Å². The highest BCUT2D eigenvalue weighted by Gasteiger charge is 2.21. The Kier molecular flexibility index (Phi) is 5.36. The number of rotatable bonds is 6. The monoisotopic (exact) mass is 263 g/mol. The lowest BCUT2D eigenvalue weighted by atomic mass is 9.93. The van der Waals surface area contributed by atoms with E-state index in [1.54, 1.807) is 0 Å². The van der Waals surface area contributed by atoms with Crippen LogP contribution in [0.15, 0.2) is 30.3 Å². The van der Waals surface area contributed by atoms with Crippen LogP contribution in [0.1, 0.15) is 31.2 Å². The minimum atomic E-state index is -0.885. The number of carboxylic acids is 1. The molecule has 4 nitrogen and oxygen atoms in total. The largest absolute Gasteiger partial charge is 0.480 e. The highest BCUT2D eigenvalue weighted by atomic mass is 16.5. The molecule has 0 unspecified atom stereocenters. The summed E-state index contributed by atoms with van der Waals surface area (Å²) in [6, 6.07) is 10.9. The van der Waals surface area contributed by atoms with Crippen molar-refractivity contribution in [1.82, 2.24) is 5.32 Å². The molecule has 1 fully saturated rings. The molecule has 104 valence electrons. The van der Waals surface area contributed by atoms with E-state index in [0.717, 1.165) is 32.2 Å². The summed E-state index contributed by atoms with van der Waals surface area (Å²) >= 11 is 0. The maximum absolute atomic E-state index is 10.4. The molecule has 1 aliphatic carbocycles. The summed E-state index contributed by atoms with van der Waals surface area (Å²) < 4.78 is 5.33. The molecule has 2 N–H and O–H groups in total. The zero-order chi connectivity index (χ0) is 13.5. The van der Waals surface area contributed by atoms with Gasteiger partial charge in [0.2, 0.25) is 0 Å². The van der Waals surface area contributed by atoms with Gasteiger partial charge in [-0.25, -0.2) is 4.79 Å². The predicted molar refractivity (Wildman–Crippen MR) is 72.9 cm³/mol. The molecule has 1 aromatic carbocycles. The van der Waals surface area contributed by atoms with Gasteiger partial charge in [0.25, 0.3) is 0 Å². The van der Waals surface area contributed by atoms with Gasteiger partial charge in [-0.1, -0.05) is 30.3 Å². The first-order chi connectivity index (χ1) is 9.24. The predicted octanol–water partition coefficient (Wildman–Crippen LogP) is 2.19.